The van der Waals surface area contributed by atoms with E-state index in [1.165, 1.54) is 44.9 Å². The number of nitrogens with one attached hydrogen (secondary N) is 1. The molecule has 2 rings (SSSR count). The van der Waals surface area contributed by atoms with Gasteiger partial charge in [-0.3, -0.25) is 0 Å². The number of aliphatic hydroxyl groups is 1. The van der Waals surface area contributed by atoms with Crippen molar-refractivity contribution in [3.8, 4) is 0 Å². The second-order valence-corrected chi connectivity index (χ2v) is 7.56. The van der Waals surface area contributed by atoms with Crippen molar-refractivity contribution < 1.29 is 5.11 Å². The van der Waals surface area contributed by atoms with E-state index >= 15 is 0 Å². The van der Waals surface area contributed by atoms with E-state index < -0.39 is 0 Å². The fourth-order valence-corrected chi connectivity index (χ4v) is 4.08. The van der Waals surface area contributed by atoms with E-state index in [1.54, 1.807) is 0 Å². The minimum absolute atomic E-state index is 0.00245. The van der Waals surface area contributed by atoms with Gasteiger partial charge in [-0.25, -0.2) is 0 Å². The maximum Gasteiger partial charge on any atom is 0.0616 e. The average molecular weight is 253 g/mol. The summed E-state index contributed by atoms with van der Waals surface area (Å²) in [6, 6.07) is 0.648. The van der Waals surface area contributed by atoms with Crippen LogP contribution in [0.5, 0.6) is 0 Å². The Morgan fingerprint density at radius 3 is 2.33 bits per heavy atom. The first-order valence-corrected chi connectivity index (χ1v) is 7.86. The lowest BCUT2D eigenvalue weighted by atomic mass is 9.63. The summed E-state index contributed by atoms with van der Waals surface area (Å²) in [5.41, 5.74) is 0.448. The van der Waals surface area contributed by atoms with Gasteiger partial charge in [0, 0.05) is 11.6 Å². The van der Waals surface area contributed by atoms with Crippen molar-refractivity contribution >= 4 is 0 Å². The molecule has 2 aliphatic rings. The molecule has 0 amide bonds. The molecule has 2 heteroatoms. The molecule has 0 spiro atoms. The van der Waals surface area contributed by atoms with Crippen LogP contribution in [0.4, 0.5) is 0 Å². The number of aliphatic hydroxyl groups excluding tert-OH is 1. The summed E-state index contributed by atoms with van der Waals surface area (Å²) in [5, 5.41) is 13.8. The molecule has 0 aromatic rings. The molecule has 2 aliphatic carbocycles. The second-order valence-electron chi connectivity index (χ2n) is 7.56. The Morgan fingerprint density at radius 2 is 1.78 bits per heavy atom. The summed E-state index contributed by atoms with van der Waals surface area (Å²) < 4.78 is 0. The SMILES string of the molecule is CC1CC(C)(C)CCC1(CO)NC1CCCCC1. The Bertz CT molecular complexity index is 270. The van der Waals surface area contributed by atoms with Crippen molar-refractivity contribution in [1.82, 2.24) is 5.32 Å². The van der Waals surface area contributed by atoms with E-state index in [-0.39, 0.29) is 5.54 Å². The highest BCUT2D eigenvalue weighted by atomic mass is 16.3. The van der Waals surface area contributed by atoms with Crippen LogP contribution in [0.15, 0.2) is 0 Å². The number of hydrogen-bond donors (Lipinski definition) is 2. The van der Waals surface area contributed by atoms with E-state index in [4.69, 9.17) is 0 Å². The second kappa shape index (κ2) is 5.50. The van der Waals surface area contributed by atoms with Gasteiger partial charge in [0.1, 0.15) is 0 Å². The van der Waals surface area contributed by atoms with E-state index in [0.29, 0.717) is 24.0 Å². The first kappa shape index (κ1) is 14.3. The number of hydrogen-bond acceptors (Lipinski definition) is 2. The van der Waals surface area contributed by atoms with Crippen molar-refractivity contribution in [2.24, 2.45) is 11.3 Å². The molecule has 0 bridgehead atoms. The van der Waals surface area contributed by atoms with Crippen molar-refractivity contribution in [1.29, 1.82) is 0 Å². The largest absolute Gasteiger partial charge is 0.394 e. The zero-order chi connectivity index (χ0) is 13.2. The highest BCUT2D eigenvalue weighted by Gasteiger charge is 2.44. The lowest BCUT2D eigenvalue weighted by Crippen LogP contribution is -2.60. The average Bonchev–Trinajstić information content (AvgIpc) is 2.34. The molecule has 0 radical (unpaired) electrons. The molecule has 106 valence electrons. The van der Waals surface area contributed by atoms with Gasteiger partial charge in [0.25, 0.3) is 0 Å². The van der Waals surface area contributed by atoms with Gasteiger partial charge in [-0.2, -0.15) is 0 Å². The summed E-state index contributed by atoms with van der Waals surface area (Å²) in [6.07, 6.45) is 10.3. The zero-order valence-electron chi connectivity index (χ0n) is 12.5. The highest BCUT2D eigenvalue weighted by Crippen LogP contribution is 2.44. The first-order chi connectivity index (χ1) is 8.47. The molecular weight excluding hydrogens is 222 g/mol. The Morgan fingerprint density at radius 1 is 1.11 bits per heavy atom. The first-order valence-electron chi connectivity index (χ1n) is 7.86. The van der Waals surface area contributed by atoms with Crippen LogP contribution in [0, 0.1) is 11.3 Å². The van der Waals surface area contributed by atoms with Crippen LogP contribution in [-0.2, 0) is 0 Å². The molecule has 2 nitrogen and oxygen atoms in total. The van der Waals surface area contributed by atoms with Gasteiger partial charge >= 0.3 is 0 Å². The Balaban J connectivity index is 2.01. The van der Waals surface area contributed by atoms with Gasteiger partial charge in [-0.15, -0.1) is 0 Å². The predicted molar refractivity (Wildman–Crippen MR) is 76.6 cm³/mol. The van der Waals surface area contributed by atoms with Crippen LogP contribution < -0.4 is 5.32 Å². The third kappa shape index (κ3) is 3.08. The van der Waals surface area contributed by atoms with Crippen LogP contribution >= 0.6 is 0 Å². The molecule has 2 fully saturated rings. The number of rotatable bonds is 3. The van der Waals surface area contributed by atoms with E-state index in [1.807, 2.05) is 0 Å². The van der Waals surface area contributed by atoms with Gasteiger partial charge in [0.05, 0.1) is 6.61 Å². The van der Waals surface area contributed by atoms with E-state index in [0.717, 1.165) is 6.42 Å². The van der Waals surface area contributed by atoms with Crippen molar-refractivity contribution in [3.05, 3.63) is 0 Å². The molecule has 2 N–H and O–H groups in total. The highest BCUT2D eigenvalue weighted by molar-refractivity contribution is 5.01. The van der Waals surface area contributed by atoms with Gasteiger partial charge in [0.15, 0.2) is 0 Å². The Hall–Kier alpha value is -0.0800. The monoisotopic (exact) mass is 253 g/mol. The molecule has 0 aromatic heterocycles. The molecule has 2 atom stereocenters. The van der Waals surface area contributed by atoms with Gasteiger partial charge < -0.3 is 10.4 Å². The van der Waals surface area contributed by atoms with Crippen LogP contribution in [-0.4, -0.2) is 23.3 Å². The minimum atomic E-state index is -0.00245. The topological polar surface area (TPSA) is 32.3 Å². The van der Waals surface area contributed by atoms with Crippen LogP contribution in [0.1, 0.15) is 72.1 Å². The third-order valence-corrected chi connectivity index (χ3v) is 5.43. The quantitative estimate of drug-likeness (QED) is 0.807. The Labute approximate surface area is 113 Å². The summed E-state index contributed by atoms with van der Waals surface area (Å²) in [6.45, 7) is 7.37. The van der Waals surface area contributed by atoms with E-state index in [9.17, 15) is 5.11 Å². The van der Waals surface area contributed by atoms with Crippen molar-refractivity contribution in [2.45, 2.75) is 83.7 Å². The molecular formula is C16H31NO. The molecule has 18 heavy (non-hydrogen) atoms. The Kier molecular flexibility index (Phi) is 4.38. The van der Waals surface area contributed by atoms with Crippen LogP contribution in [0.2, 0.25) is 0 Å². The van der Waals surface area contributed by atoms with Crippen molar-refractivity contribution in [2.75, 3.05) is 6.61 Å². The molecule has 0 saturated heterocycles. The van der Waals surface area contributed by atoms with Crippen molar-refractivity contribution in [3.63, 3.8) is 0 Å². The molecule has 0 aliphatic heterocycles. The fourth-order valence-electron chi connectivity index (χ4n) is 4.08. The van der Waals surface area contributed by atoms with Crippen LogP contribution in [0.25, 0.3) is 0 Å². The lowest BCUT2D eigenvalue weighted by molar-refractivity contribution is 0.0164. The molecule has 2 saturated carbocycles. The molecule has 0 heterocycles. The smallest absolute Gasteiger partial charge is 0.0616 e. The normalized spacial score (nSPS) is 37.7. The van der Waals surface area contributed by atoms with Gasteiger partial charge in [0.2, 0.25) is 0 Å². The van der Waals surface area contributed by atoms with Gasteiger partial charge in [-0.05, 0) is 43.4 Å². The summed E-state index contributed by atoms with van der Waals surface area (Å²) >= 11 is 0. The fraction of sp³-hybridized carbons (Fsp3) is 1.00. The van der Waals surface area contributed by atoms with E-state index in [2.05, 4.69) is 26.1 Å². The maximum absolute atomic E-state index is 9.95. The molecule has 2 unspecified atom stereocenters. The summed E-state index contributed by atoms with van der Waals surface area (Å²) in [4.78, 5) is 0. The minimum Gasteiger partial charge on any atom is -0.394 e. The zero-order valence-corrected chi connectivity index (χ0v) is 12.5. The summed E-state index contributed by atoms with van der Waals surface area (Å²) in [7, 11) is 0. The summed E-state index contributed by atoms with van der Waals surface area (Å²) in [5.74, 6) is 0.577. The van der Waals surface area contributed by atoms with Crippen LogP contribution in [0.3, 0.4) is 0 Å². The predicted octanol–water partition coefficient (Wildman–Crippen LogP) is 3.49. The standard InChI is InChI=1S/C16H31NO/c1-13-11-15(2,3)9-10-16(13,12-18)17-14-7-5-4-6-8-14/h13-14,17-18H,4-12H2,1-3H3. The molecule has 0 aromatic carbocycles. The lowest BCUT2D eigenvalue weighted by Gasteiger charge is -2.50. The maximum atomic E-state index is 9.95. The third-order valence-electron chi connectivity index (χ3n) is 5.43. The van der Waals surface area contributed by atoms with Gasteiger partial charge in [-0.1, -0.05) is 40.0 Å².